The fourth-order valence-corrected chi connectivity index (χ4v) is 3.24. The van der Waals surface area contributed by atoms with E-state index in [4.69, 9.17) is 11.5 Å². The predicted octanol–water partition coefficient (Wildman–Crippen LogP) is 2.17. The number of hydrogen-bond donors (Lipinski definition) is 3. The highest BCUT2D eigenvalue weighted by Crippen LogP contribution is 2.38. The smallest absolute Gasteiger partial charge is 0.260 e. The number of unbranched alkanes of at least 4 members (excludes halogenated alkanes) is 1. The van der Waals surface area contributed by atoms with Gasteiger partial charge in [-0.25, -0.2) is 9.97 Å². The summed E-state index contributed by atoms with van der Waals surface area (Å²) in [5.41, 5.74) is 11.7. The zero-order valence-corrected chi connectivity index (χ0v) is 13.4. The van der Waals surface area contributed by atoms with Gasteiger partial charge in [-0.2, -0.15) is 0 Å². The predicted molar refractivity (Wildman–Crippen MR) is 87.0 cm³/mol. The van der Waals surface area contributed by atoms with Crippen molar-refractivity contribution in [2.24, 2.45) is 5.73 Å². The summed E-state index contributed by atoms with van der Waals surface area (Å²) in [5, 5.41) is 0.836. The van der Waals surface area contributed by atoms with E-state index in [1.807, 2.05) is 11.9 Å². The standard InChI is InChI=1S/C12H17N5O2S2/c1-3-4-5-17(2)10-6-7(13)8(9(14)18)20-11(6)16-12(15-10)21-19/h19H,3-5,13H2,1-2H3,(H2,14,18). The SMILES string of the molecule is CCCCN(C)c1nc(SO)nc2sc(C(N)=O)c(N)c12. The molecule has 1 amide bonds. The van der Waals surface area contributed by atoms with Crippen molar-refractivity contribution in [1.82, 2.24) is 9.97 Å². The van der Waals surface area contributed by atoms with Crippen LogP contribution in [0.3, 0.4) is 0 Å². The first-order valence-electron chi connectivity index (χ1n) is 6.42. The first-order chi connectivity index (χ1) is 9.99. The zero-order valence-electron chi connectivity index (χ0n) is 11.8. The molecule has 0 saturated carbocycles. The van der Waals surface area contributed by atoms with Gasteiger partial charge in [0.1, 0.15) is 15.5 Å². The van der Waals surface area contributed by atoms with E-state index in [-0.39, 0.29) is 10.0 Å². The van der Waals surface area contributed by atoms with Crippen LogP contribution in [0, 0.1) is 0 Å². The summed E-state index contributed by atoms with van der Waals surface area (Å²) in [6.07, 6.45) is 2.04. The van der Waals surface area contributed by atoms with Gasteiger partial charge in [-0.15, -0.1) is 11.3 Å². The van der Waals surface area contributed by atoms with E-state index in [1.54, 1.807) is 0 Å². The molecule has 0 fully saturated rings. The molecule has 2 aromatic rings. The maximum Gasteiger partial charge on any atom is 0.260 e. The third-order valence-corrected chi connectivity index (χ3v) is 4.52. The minimum atomic E-state index is -0.587. The number of amides is 1. The second kappa shape index (κ2) is 6.46. The molecule has 2 rings (SSSR count). The molecule has 0 spiro atoms. The highest BCUT2D eigenvalue weighted by atomic mass is 32.2. The van der Waals surface area contributed by atoms with Crippen LogP contribution in [0.25, 0.3) is 10.2 Å². The van der Waals surface area contributed by atoms with E-state index in [0.29, 0.717) is 33.8 Å². The second-order valence-corrected chi connectivity index (χ2v) is 6.13. The van der Waals surface area contributed by atoms with Gasteiger partial charge >= 0.3 is 0 Å². The van der Waals surface area contributed by atoms with Gasteiger partial charge in [-0.1, -0.05) is 13.3 Å². The molecule has 0 bridgehead atoms. The van der Waals surface area contributed by atoms with Gasteiger partial charge in [0.05, 0.1) is 23.1 Å². The molecular formula is C12H17N5O2S2. The van der Waals surface area contributed by atoms with Crippen LogP contribution in [-0.4, -0.2) is 34.0 Å². The summed E-state index contributed by atoms with van der Waals surface area (Å²) in [6.45, 7) is 2.89. The Morgan fingerprint density at radius 2 is 2.19 bits per heavy atom. The Hall–Kier alpha value is -1.58. The minimum Gasteiger partial charge on any atom is -0.397 e. The minimum absolute atomic E-state index is 0.220. The Bertz CT molecular complexity index is 673. The summed E-state index contributed by atoms with van der Waals surface area (Å²) in [5.74, 6) is 0.0158. The molecule has 5 N–H and O–H groups in total. The second-order valence-electron chi connectivity index (χ2n) is 4.59. The number of primary amides is 1. The molecule has 0 aliphatic carbocycles. The number of fused-ring (bicyclic) bond motifs is 1. The number of anilines is 2. The maximum atomic E-state index is 11.4. The Labute approximate surface area is 130 Å². The van der Waals surface area contributed by atoms with Crippen LogP contribution in [0.4, 0.5) is 11.5 Å². The quantitative estimate of drug-likeness (QED) is 0.549. The van der Waals surface area contributed by atoms with Gasteiger partial charge in [0.2, 0.25) is 5.16 Å². The van der Waals surface area contributed by atoms with Crippen LogP contribution in [0.2, 0.25) is 0 Å². The Morgan fingerprint density at radius 3 is 2.76 bits per heavy atom. The van der Waals surface area contributed by atoms with Gasteiger partial charge < -0.3 is 20.9 Å². The van der Waals surface area contributed by atoms with E-state index in [0.717, 1.165) is 30.7 Å². The van der Waals surface area contributed by atoms with Gasteiger partial charge in [0.15, 0.2) is 0 Å². The Balaban J connectivity index is 2.63. The number of aromatic nitrogens is 2. The topological polar surface area (TPSA) is 118 Å². The van der Waals surface area contributed by atoms with Crippen LogP contribution in [0.15, 0.2) is 5.16 Å². The molecular weight excluding hydrogens is 310 g/mol. The number of rotatable bonds is 6. The molecule has 0 aliphatic heterocycles. The van der Waals surface area contributed by atoms with Crippen molar-refractivity contribution < 1.29 is 9.35 Å². The largest absolute Gasteiger partial charge is 0.397 e. The van der Waals surface area contributed by atoms with Crippen molar-refractivity contribution in [2.45, 2.75) is 24.9 Å². The van der Waals surface area contributed by atoms with Crippen LogP contribution in [0.5, 0.6) is 0 Å². The van der Waals surface area contributed by atoms with Crippen LogP contribution >= 0.6 is 23.4 Å². The fourth-order valence-electron chi connectivity index (χ4n) is 1.99. The molecule has 2 heterocycles. The molecule has 0 unspecified atom stereocenters. The van der Waals surface area contributed by atoms with Crippen molar-refractivity contribution in [3.63, 3.8) is 0 Å². The normalized spacial score (nSPS) is 11.0. The average Bonchev–Trinajstić information content (AvgIpc) is 2.81. The van der Waals surface area contributed by atoms with Crippen molar-refractivity contribution in [1.29, 1.82) is 0 Å². The van der Waals surface area contributed by atoms with Crippen molar-refractivity contribution >= 4 is 51.0 Å². The molecule has 7 nitrogen and oxygen atoms in total. The molecule has 0 aliphatic rings. The van der Waals surface area contributed by atoms with E-state index in [2.05, 4.69) is 16.9 Å². The number of thiophene rings is 1. The molecule has 114 valence electrons. The molecule has 2 aromatic heterocycles. The van der Waals surface area contributed by atoms with Crippen LogP contribution in [-0.2, 0) is 0 Å². The lowest BCUT2D eigenvalue weighted by molar-refractivity contribution is 0.100. The lowest BCUT2D eigenvalue weighted by atomic mass is 10.2. The van der Waals surface area contributed by atoms with Gasteiger partial charge in [-0.05, 0) is 6.42 Å². The molecule has 9 heteroatoms. The Morgan fingerprint density at radius 1 is 1.48 bits per heavy atom. The summed E-state index contributed by atoms with van der Waals surface area (Å²) >= 11 is 1.58. The summed E-state index contributed by atoms with van der Waals surface area (Å²) in [7, 11) is 1.89. The number of hydrogen-bond acceptors (Lipinski definition) is 8. The van der Waals surface area contributed by atoms with E-state index in [1.165, 1.54) is 0 Å². The van der Waals surface area contributed by atoms with Crippen LogP contribution in [0.1, 0.15) is 29.4 Å². The lowest BCUT2D eigenvalue weighted by Gasteiger charge is -2.19. The van der Waals surface area contributed by atoms with Crippen LogP contribution < -0.4 is 16.4 Å². The van der Waals surface area contributed by atoms with Crippen molar-refractivity contribution in [3.05, 3.63) is 4.88 Å². The van der Waals surface area contributed by atoms with Crippen molar-refractivity contribution in [2.75, 3.05) is 24.2 Å². The number of nitrogens with zero attached hydrogens (tertiary/aromatic N) is 3. The third-order valence-electron chi connectivity index (χ3n) is 3.06. The first kappa shape index (κ1) is 15.8. The van der Waals surface area contributed by atoms with Gasteiger partial charge in [-0.3, -0.25) is 4.79 Å². The summed E-state index contributed by atoms with van der Waals surface area (Å²) in [6, 6.07) is 0. The zero-order chi connectivity index (χ0) is 15.6. The number of nitrogens with two attached hydrogens (primary N) is 2. The average molecular weight is 327 g/mol. The monoisotopic (exact) mass is 327 g/mol. The number of carbonyl (C=O) groups excluding carboxylic acids is 1. The third kappa shape index (κ3) is 3.04. The summed E-state index contributed by atoms with van der Waals surface area (Å²) in [4.78, 5) is 22.7. The molecule has 21 heavy (non-hydrogen) atoms. The number of nitrogen functional groups attached to an aromatic ring is 1. The van der Waals surface area contributed by atoms with Gasteiger partial charge in [0, 0.05) is 13.6 Å². The lowest BCUT2D eigenvalue weighted by Crippen LogP contribution is -2.20. The fraction of sp³-hybridized carbons (Fsp3) is 0.417. The highest BCUT2D eigenvalue weighted by molar-refractivity contribution is 7.93. The van der Waals surface area contributed by atoms with E-state index >= 15 is 0 Å². The number of carbonyl (C=O) groups is 1. The van der Waals surface area contributed by atoms with E-state index < -0.39 is 5.91 Å². The molecule has 0 atom stereocenters. The first-order valence-corrected chi connectivity index (χ1v) is 8.00. The molecule has 0 radical (unpaired) electrons. The van der Waals surface area contributed by atoms with E-state index in [9.17, 15) is 9.35 Å². The Kier molecular flexibility index (Phi) is 4.86. The molecule has 0 aromatic carbocycles. The summed E-state index contributed by atoms with van der Waals surface area (Å²) < 4.78 is 9.22. The van der Waals surface area contributed by atoms with Gasteiger partial charge in [0.25, 0.3) is 5.91 Å². The maximum absolute atomic E-state index is 11.4. The molecule has 0 saturated heterocycles. The highest BCUT2D eigenvalue weighted by Gasteiger charge is 2.21. The van der Waals surface area contributed by atoms with Crippen molar-refractivity contribution in [3.8, 4) is 0 Å².